The summed E-state index contributed by atoms with van der Waals surface area (Å²) < 4.78 is 5.59. The molecule has 0 bridgehead atoms. The maximum Gasteiger partial charge on any atom is 0.320 e. The number of benzene rings is 1. The Balaban J connectivity index is 2.48. The fourth-order valence-electron chi connectivity index (χ4n) is 1.71. The van der Waals surface area contributed by atoms with Crippen LogP contribution in [0.1, 0.15) is 13.3 Å². The molecule has 0 aliphatic carbocycles. The van der Waals surface area contributed by atoms with Gasteiger partial charge in [-0.15, -0.1) is 0 Å². The Bertz CT molecular complexity index is 407. The molecule has 19 heavy (non-hydrogen) atoms. The standard InChI is InChI=1S/C14H22N2O3/c1-4-15-13(14(17)18)8-9-19-12-7-5-6-11(10-12)16(2)3/h5-7,10,13,15H,4,8-9H2,1-3H3,(H,17,18). The van der Waals surface area contributed by atoms with Gasteiger partial charge in [0.2, 0.25) is 0 Å². The molecule has 1 rings (SSSR count). The van der Waals surface area contributed by atoms with Gasteiger partial charge in [0.25, 0.3) is 0 Å². The lowest BCUT2D eigenvalue weighted by Gasteiger charge is -2.16. The van der Waals surface area contributed by atoms with E-state index in [0.29, 0.717) is 19.6 Å². The van der Waals surface area contributed by atoms with Crippen LogP contribution < -0.4 is 15.0 Å². The number of nitrogens with zero attached hydrogens (tertiary/aromatic N) is 1. The van der Waals surface area contributed by atoms with E-state index in [1.54, 1.807) is 0 Å². The van der Waals surface area contributed by atoms with Crippen LogP contribution in [0.4, 0.5) is 5.69 Å². The number of carboxylic acids is 1. The zero-order valence-electron chi connectivity index (χ0n) is 11.7. The molecular weight excluding hydrogens is 244 g/mol. The van der Waals surface area contributed by atoms with Gasteiger partial charge in [-0.05, 0) is 18.7 Å². The monoisotopic (exact) mass is 266 g/mol. The average molecular weight is 266 g/mol. The van der Waals surface area contributed by atoms with Crippen LogP contribution in [0.15, 0.2) is 24.3 Å². The Labute approximate surface area is 114 Å². The first-order valence-electron chi connectivity index (χ1n) is 6.41. The minimum absolute atomic E-state index is 0.376. The molecule has 5 heteroatoms. The summed E-state index contributed by atoms with van der Waals surface area (Å²) in [7, 11) is 3.93. The van der Waals surface area contributed by atoms with E-state index < -0.39 is 12.0 Å². The van der Waals surface area contributed by atoms with E-state index in [-0.39, 0.29) is 0 Å². The highest BCUT2D eigenvalue weighted by molar-refractivity contribution is 5.73. The molecule has 0 aromatic heterocycles. The first-order chi connectivity index (χ1) is 9.04. The van der Waals surface area contributed by atoms with Crippen LogP contribution in [0.25, 0.3) is 0 Å². The van der Waals surface area contributed by atoms with Gasteiger partial charge in [0.05, 0.1) is 6.61 Å². The van der Waals surface area contributed by atoms with Crippen molar-refractivity contribution in [2.24, 2.45) is 0 Å². The van der Waals surface area contributed by atoms with Crippen LogP contribution in [0.5, 0.6) is 5.75 Å². The van der Waals surface area contributed by atoms with E-state index in [1.807, 2.05) is 50.2 Å². The number of ether oxygens (including phenoxy) is 1. The number of hydrogen-bond acceptors (Lipinski definition) is 4. The van der Waals surface area contributed by atoms with Crippen molar-refractivity contribution < 1.29 is 14.6 Å². The van der Waals surface area contributed by atoms with Crippen molar-refractivity contribution in [3.63, 3.8) is 0 Å². The van der Waals surface area contributed by atoms with Gasteiger partial charge in [0, 0.05) is 32.3 Å². The lowest BCUT2D eigenvalue weighted by atomic mass is 10.2. The zero-order chi connectivity index (χ0) is 14.3. The summed E-state index contributed by atoms with van der Waals surface area (Å²) in [5, 5.41) is 11.9. The number of nitrogens with one attached hydrogen (secondary N) is 1. The molecule has 1 aromatic carbocycles. The van der Waals surface area contributed by atoms with Gasteiger partial charge < -0.3 is 20.1 Å². The lowest BCUT2D eigenvalue weighted by molar-refractivity contribution is -0.139. The second-order valence-corrected chi connectivity index (χ2v) is 4.48. The predicted molar refractivity (Wildman–Crippen MR) is 76.0 cm³/mol. The molecule has 106 valence electrons. The summed E-state index contributed by atoms with van der Waals surface area (Å²) in [5.74, 6) is -0.0840. The number of anilines is 1. The van der Waals surface area contributed by atoms with E-state index in [1.165, 1.54) is 0 Å². The molecule has 0 amide bonds. The van der Waals surface area contributed by atoms with E-state index in [2.05, 4.69) is 5.32 Å². The van der Waals surface area contributed by atoms with E-state index in [4.69, 9.17) is 9.84 Å². The fourth-order valence-corrected chi connectivity index (χ4v) is 1.71. The molecule has 0 spiro atoms. The number of likely N-dealkylation sites (N-methyl/N-ethyl adjacent to an activating group) is 1. The summed E-state index contributed by atoms with van der Waals surface area (Å²) in [6.45, 7) is 2.89. The van der Waals surface area contributed by atoms with Crippen molar-refractivity contribution >= 4 is 11.7 Å². The number of carboxylic acid groups (broad SMARTS) is 1. The van der Waals surface area contributed by atoms with Gasteiger partial charge in [0.15, 0.2) is 0 Å². The molecule has 0 heterocycles. The van der Waals surface area contributed by atoms with Crippen LogP contribution in [0, 0.1) is 0 Å². The highest BCUT2D eigenvalue weighted by Crippen LogP contribution is 2.19. The second-order valence-electron chi connectivity index (χ2n) is 4.48. The smallest absolute Gasteiger partial charge is 0.320 e. The second kappa shape index (κ2) is 7.63. The summed E-state index contributed by atoms with van der Waals surface area (Å²) in [6, 6.07) is 7.16. The highest BCUT2D eigenvalue weighted by atomic mass is 16.5. The minimum atomic E-state index is -0.840. The summed E-state index contributed by atoms with van der Waals surface area (Å²) in [6.07, 6.45) is 0.440. The van der Waals surface area contributed by atoms with Crippen molar-refractivity contribution in [2.45, 2.75) is 19.4 Å². The molecule has 0 saturated carbocycles. The summed E-state index contributed by atoms with van der Waals surface area (Å²) >= 11 is 0. The van der Waals surface area contributed by atoms with Crippen LogP contribution in [-0.4, -0.2) is 44.4 Å². The van der Waals surface area contributed by atoms with Gasteiger partial charge in [-0.1, -0.05) is 13.0 Å². The van der Waals surface area contributed by atoms with Crippen molar-refractivity contribution in [1.29, 1.82) is 0 Å². The maximum absolute atomic E-state index is 11.0. The van der Waals surface area contributed by atoms with Crippen molar-refractivity contribution in [3.05, 3.63) is 24.3 Å². The van der Waals surface area contributed by atoms with E-state index >= 15 is 0 Å². The Morgan fingerprint density at radius 1 is 1.47 bits per heavy atom. The van der Waals surface area contributed by atoms with Gasteiger partial charge in [-0.2, -0.15) is 0 Å². The molecule has 0 radical (unpaired) electrons. The third-order valence-electron chi connectivity index (χ3n) is 2.76. The molecular formula is C14H22N2O3. The molecule has 0 saturated heterocycles. The normalized spacial score (nSPS) is 11.9. The van der Waals surface area contributed by atoms with Crippen LogP contribution >= 0.6 is 0 Å². The molecule has 2 N–H and O–H groups in total. The van der Waals surface area contributed by atoms with Gasteiger partial charge >= 0.3 is 5.97 Å². The Morgan fingerprint density at radius 3 is 2.79 bits per heavy atom. The summed E-state index contributed by atoms with van der Waals surface area (Å²) in [5.41, 5.74) is 1.05. The number of carbonyl (C=O) groups is 1. The lowest BCUT2D eigenvalue weighted by Crippen LogP contribution is -2.37. The Kier molecular flexibility index (Phi) is 6.15. The molecule has 1 aromatic rings. The van der Waals surface area contributed by atoms with Gasteiger partial charge in [-0.3, -0.25) is 4.79 Å². The van der Waals surface area contributed by atoms with Crippen molar-refractivity contribution in [3.8, 4) is 5.75 Å². The molecule has 5 nitrogen and oxygen atoms in total. The van der Waals surface area contributed by atoms with Crippen LogP contribution in [0.2, 0.25) is 0 Å². The number of hydrogen-bond donors (Lipinski definition) is 2. The number of rotatable bonds is 8. The first-order valence-corrected chi connectivity index (χ1v) is 6.41. The van der Waals surface area contributed by atoms with Crippen LogP contribution in [0.3, 0.4) is 0 Å². The third-order valence-corrected chi connectivity index (χ3v) is 2.76. The fraction of sp³-hybridized carbons (Fsp3) is 0.500. The van der Waals surface area contributed by atoms with E-state index in [0.717, 1.165) is 11.4 Å². The van der Waals surface area contributed by atoms with Gasteiger partial charge in [0.1, 0.15) is 11.8 Å². The quantitative estimate of drug-likeness (QED) is 0.748. The average Bonchev–Trinajstić information content (AvgIpc) is 2.38. The topological polar surface area (TPSA) is 61.8 Å². The first kappa shape index (κ1) is 15.3. The number of aliphatic carboxylic acids is 1. The molecule has 0 aliphatic rings. The Hall–Kier alpha value is -1.75. The van der Waals surface area contributed by atoms with E-state index in [9.17, 15) is 4.79 Å². The molecule has 1 atom stereocenters. The van der Waals surface area contributed by atoms with Gasteiger partial charge in [-0.25, -0.2) is 0 Å². The molecule has 0 aliphatic heterocycles. The third kappa shape index (κ3) is 5.18. The minimum Gasteiger partial charge on any atom is -0.493 e. The SMILES string of the molecule is CCNC(CCOc1cccc(N(C)C)c1)C(=O)O. The highest BCUT2D eigenvalue weighted by Gasteiger charge is 2.15. The Morgan fingerprint density at radius 2 is 2.21 bits per heavy atom. The zero-order valence-corrected chi connectivity index (χ0v) is 11.7. The molecule has 1 unspecified atom stereocenters. The largest absolute Gasteiger partial charge is 0.493 e. The van der Waals surface area contributed by atoms with Crippen LogP contribution in [-0.2, 0) is 4.79 Å². The van der Waals surface area contributed by atoms with Crippen molar-refractivity contribution in [2.75, 3.05) is 32.1 Å². The summed E-state index contributed by atoms with van der Waals surface area (Å²) in [4.78, 5) is 12.9. The molecule has 0 fully saturated rings. The maximum atomic E-state index is 11.0. The predicted octanol–water partition coefficient (Wildman–Crippen LogP) is 1.58. The van der Waals surface area contributed by atoms with Crippen molar-refractivity contribution in [1.82, 2.24) is 5.32 Å².